The van der Waals surface area contributed by atoms with Crippen LogP contribution in [0, 0.1) is 6.92 Å². The van der Waals surface area contributed by atoms with Crippen molar-refractivity contribution in [2.24, 2.45) is 5.73 Å². The lowest BCUT2D eigenvalue weighted by molar-refractivity contribution is 0.1000. The molecule has 2 aromatic heterocycles. The molecule has 3 N–H and O–H groups in total. The maximum atomic E-state index is 11.5. The number of thioether (sulfide) groups is 1. The minimum Gasteiger partial charge on any atom is -0.366 e. The summed E-state index contributed by atoms with van der Waals surface area (Å²) in [5.74, 6) is 0.988. The molecule has 0 aliphatic rings. The van der Waals surface area contributed by atoms with Crippen molar-refractivity contribution in [3.05, 3.63) is 95.7 Å². The summed E-state index contributed by atoms with van der Waals surface area (Å²) in [5, 5.41) is 11.0. The Kier molecular flexibility index (Phi) is 5.25. The first-order valence-corrected chi connectivity index (χ1v) is 11.2. The first-order valence-electron chi connectivity index (χ1n) is 10.2. The maximum Gasteiger partial charge on any atom is 0.248 e. The van der Waals surface area contributed by atoms with Gasteiger partial charge < -0.3 is 10.7 Å². The average Bonchev–Trinajstić information content (AvgIpc) is 3.42. The number of carbonyl (C=O) groups excluding carboxylic acids is 1. The van der Waals surface area contributed by atoms with E-state index in [0.717, 1.165) is 44.3 Å². The van der Waals surface area contributed by atoms with E-state index in [-0.39, 0.29) is 0 Å². The topological polar surface area (TPSA) is 89.6 Å². The van der Waals surface area contributed by atoms with Gasteiger partial charge in [-0.25, -0.2) is 0 Å². The molecule has 0 saturated heterocycles. The van der Waals surface area contributed by atoms with Gasteiger partial charge in [-0.3, -0.25) is 9.36 Å². The first-order chi connectivity index (χ1) is 15.6. The van der Waals surface area contributed by atoms with Gasteiger partial charge in [0.25, 0.3) is 0 Å². The van der Waals surface area contributed by atoms with Crippen LogP contribution in [0.4, 0.5) is 0 Å². The quantitative estimate of drug-likeness (QED) is 0.360. The van der Waals surface area contributed by atoms with Gasteiger partial charge in [-0.2, -0.15) is 0 Å². The number of para-hydroxylation sites is 1. The van der Waals surface area contributed by atoms with Crippen LogP contribution in [0.2, 0.25) is 0 Å². The molecule has 3 aromatic carbocycles. The van der Waals surface area contributed by atoms with Crippen LogP contribution in [0.25, 0.3) is 28.0 Å². The number of fused-ring (bicyclic) bond motifs is 1. The molecule has 0 aliphatic heterocycles. The van der Waals surface area contributed by atoms with E-state index >= 15 is 0 Å². The fraction of sp³-hybridized carbons (Fsp3) is 0.0800. The molecular weight excluding hydrogens is 418 g/mol. The number of hydrogen-bond acceptors (Lipinski definition) is 4. The number of carbonyl (C=O) groups is 1. The summed E-state index contributed by atoms with van der Waals surface area (Å²) in [4.78, 5) is 14.9. The molecular formula is C25H21N5OS. The second-order valence-corrected chi connectivity index (χ2v) is 8.52. The number of nitrogens with zero attached hydrogens (tertiary/aromatic N) is 3. The number of amides is 1. The van der Waals surface area contributed by atoms with Crippen LogP contribution in [0.5, 0.6) is 0 Å². The predicted molar refractivity (Wildman–Crippen MR) is 128 cm³/mol. The molecule has 7 heteroatoms. The molecule has 0 saturated carbocycles. The number of aryl methyl sites for hydroxylation is 1. The summed E-state index contributed by atoms with van der Waals surface area (Å²) in [6, 6.07) is 23.8. The molecule has 0 fully saturated rings. The largest absolute Gasteiger partial charge is 0.366 e. The number of aromatic amines is 1. The highest BCUT2D eigenvalue weighted by molar-refractivity contribution is 7.98. The Hall–Kier alpha value is -3.84. The molecule has 0 radical (unpaired) electrons. The lowest BCUT2D eigenvalue weighted by Crippen LogP contribution is -2.10. The Morgan fingerprint density at radius 1 is 1.03 bits per heavy atom. The fourth-order valence-electron chi connectivity index (χ4n) is 3.76. The van der Waals surface area contributed by atoms with Crippen LogP contribution in [0.3, 0.4) is 0 Å². The smallest absolute Gasteiger partial charge is 0.248 e. The second kappa shape index (κ2) is 8.36. The number of nitrogens with two attached hydrogens (primary N) is 1. The molecule has 6 nitrogen and oxygen atoms in total. The summed E-state index contributed by atoms with van der Waals surface area (Å²) in [5.41, 5.74) is 11.1. The van der Waals surface area contributed by atoms with Gasteiger partial charge in [0, 0.05) is 39.7 Å². The summed E-state index contributed by atoms with van der Waals surface area (Å²) in [7, 11) is 0. The van der Waals surface area contributed by atoms with Gasteiger partial charge in [0.05, 0.1) is 0 Å². The molecule has 0 bridgehead atoms. The molecule has 1 amide bonds. The van der Waals surface area contributed by atoms with E-state index in [1.54, 1.807) is 17.8 Å². The van der Waals surface area contributed by atoms with Crippen molar-refractivity contribution < 1.29 is 4.79 Å². The Bertz CT molecular complexity index is 1440. The first kappa shape index (κ1) is 20.1. The van der Waals surface area contributed by atoms with Crippen molar-refractivity contribution in [3.63, 3.8) is 0 Å². The summed E-state index contributed by atoms with van der Waals surface area (Å²) >= 11 is 1.57. The number of primary amides is 1. The van der Waals surface area contributed by atoms with Crippen LogP contribution < -0.4 is 5.73 Å². The monoisotopic (exact) mass is 439 g/mol. The third-order valence-corrected chi connectivity index (χ3v) is 6.30. The number of benzene rings is 3. The molecule has 2 heterocycles. The fourth-order valence-corrected chi connectivity index (χ4v) is 4.65. The Morgan fingerprint density at radius 2 is 1.88 bits per heavy atom. The van der Waals surface area contributed by atoms with Gasteiger partial charge in [-0.05, 0) is 48.4 Å². The summed E-state index contributed by atoms with van der Waals surface area (Å²) in [6.07, 6.45) is 1.98. The highest BCUT2D eigenvalue weighted by Gasteiger charge is 2.19. The predicted octanol–water partition coefficient (Wildman–Crippen LogP) is 5.12. The van der Waals surface area contributed by atoms with Crippen LogP contribution in [-0.4, -0.2) is 25.7 Å². The third-order valence-electron chi connectivity index (χ3n) is 5.30. The van der Waals surface area contributed by atoms with E-state index in [9.17, 15) is 4.79 Å². The van der Waals surface area contributed by atoms with Crippen molar-refractivity contribution in [2.75, 3.05) is 0 Å². The minimum atomic E-state index is -0.429. The number of hydrogen-bond donors (Lipinski definition) is 2. The zero-order valence-corrected chi connectivity index (χ0v) is 18.3. The molecule has 0 unspecified atom stereocenters. The Balaban J connectivity index is 1.57. The van der Waals surface area contributed by atoms with E-state index in [1.165, 1.54) is 0 Å². The molecule has 5 rings (SSSR count). The maximum absolute atomic E-state index is 11.5. The molecule has 5 aromatic rings. The van der Waals surface area contributed by atoms with E-state index in [2.05, 4.69) is 50.9 Å². The minimum absolute atomic E-state index is 0.429. The van der Waals surface area contributed by atoms with E-state index in [4.69, 9.17) is 5.73 Å². The van der Waals surface area contributed by atoms with E-state index < -0.39 is 5.91 Å². The molecule has 0 aliphatic carbocycles. The molecule has 32 heavy (non-hydrogen) atoms. The highest BCUT2D eigenvalue weighted by Crippen LogP contribution is 2.33. The standard InChI is InChI=1S/C25H21N5OS/c1-16-6-4-9-19(12-16)30-24(21-14-27-22-11-3-2-10-20(21)22)28-29-25(30)32-15-17-7-5-8-18(13-17)23(26)31/h2-14,27H,15H2,1H3,(H2,26,31). The number of rotatable bonds is 6. The van der Waals surface area contributed by atoms with Crippen molar-refractivity contribution >= 4 is 28.6 Å². The number of nitrogens with one attached hydrogen (secondary N) is 1. The molecule has 158 valence electrons. The Morgan fingerprint density at radius 3 is 2.72 bits per heavy atom. The molecule has 0 spiro atoms. The van der Waals surface area contributed by atoms with Crippen LogP contribution in [0.1, 0.15) is 21.5 Å². The zero-order chi connectivity index (χ0) is 22.1. The second-order valence-electron chi connectivity index (χ2n) is 7.58. The number of H-pyrrole nitrogens is 1. The van der Waals surface area contributed by atoms with Crippen LogP contribution in [-0.2, 0) is 5.75 Å². The van der Waals surface area contributed by atoms with Gasteiger partial charge in [0.2, 0.25) is 5.91 Å². The average molecular weight is 440 g/mol. The number of aromatic nitrogens is 4. The third kappa shape index (κ3) is 3.78. The van der Waals surface area contributed by atoms with E-state index in [0.29, 0.717) is 11.3 Å². The van der Waals surface area contributed by atoms with E-state index in [1.807, 2.05) is 48.7 Å². The van der Waals surface area contributed by atoms with Crippen molar-refractivity contribution in [1.82, 2.24) is 19.7 Å². The van der Waals surface area contributed by atoms with Gasteiger partial charge >= 0.3 is 0 Å². The molecule has 0 atom stereocenters. The summed E-state index contributed by atoms with van der Waals surface area (Å²) < 4.78 is 2.09. The SMILES string of the molecule is Cc1cccc(-n2c(SCc3cccc(C(N)=O)c3)nnc2-c2c[nH]c3ccccc23)c1. The van der Waals surface area contributed by atoms with Gasteiger partial charge in [0.15, 0.2) is 11.0 Å². The van der Waals surface area contributed by atoms with Crippen molar-refractivity contribution in [1.29, 1.82) is 0 Å². The van der Waals surface area contributed by atoms with Gasteiger partial charge in [-0.15, -0.1) is 10.2 Å². The van der Waals surface area contributed by atoms with Gasteiger partial charge in [-0.1, -0.05) is 54.2 Å². The van der Waals surface area contributed by atoms with Crippen molar-refractivity contribution in [2.45, 2.75) is 17.8 Å². The normalized spacial score (nSPS) is 11.2. The van der Waals surface area contributed by atoms with Crippen LogP contribution >= 0.6 is 11.8 Å². The zero-order valence-electron chi connectivity index (χ0n) is 17.4. The van der Waals surface area contributed by atoms with Crippen molar-refractivity contribution in [3.8, 4) is 17.1 Å². The summed E-state index contributed by atoms with van der Waals surface area (Å²) in [6.45, 7) is 2.07. The van der Waals surface area contributed by atoms with Crippen LogP contribution in [0.15, 0.2) is 84.1 Å². The Labute approximate surface area is 189 Å². The lowest BCUT2D eigenvalue weighted by atomic mass is 10.1. The van der Waals surface area contributed by atoms with Gasteiger partial charge in [0.1, 0.15) is 0 Å². The highest BCUT2D eigenvalue weighted by atomic mass is 32.2. The lowest BCUT2D eigenvalue weighted by Gasteiger charge is -2.11.